The number of rotatable bonds is 8. The largest absolute Gasteiger partial charge is 0.354 e. The normalized spacial score (nSPS) is 16.3. The van der Waals surface area contributed by atoms with Gasteiger partial charge in [-0.3, -0.25) is 4.79 Å². The van der Waals surface area contributed by atoms with Crippen molar-refractivity contribution in [3.05, 3.63) is 65.5 Å². The number of hydrogen-bond donors (Lipinski definition) is 1. The molecule has 168 valence electrons. The van der Waals surface area contributed by atoms with Crippen LogP contribution < -0.4 is 5.32 Å². The van der Waals surface area contributed by atoms with Crippen molar-refractivity contribution in [3.8, 4) is 0 Å². The monoisotopic (exact) mass is 447 g/mol. The van der Waals surface area contributed by atoms with Gasteiger partial charge in [0.15, 0.2) is 0 Å². The molecule has 0 saturated carbocycles. The lowest BCUT2D eigenvalue weighted by Gasteiger charge is -2.26. The van der Waals surface area contributed by atoms with Crippen LogP contribution in [-0.4, -0.2) is 57.3 Å². The second-order valence-corrected chi connectivity index (χ2v) is 10.1. The average molecular weight is 448 g/mol. The van der Waals surface area contributed by atoms with E-state index in [1.54, 1.807) is 30.3 Å². The molecule has 2 aromatic carbocycles. The van der Waals surface area contributed by atoms with E-state index < -0.39 is 10.0 Å². The van der Waals surface area contributed by atoms with Crippen molar-refractivity contribution in [3.63, 3.8) is 0 Å². The number of amides is 1. The Morgan fingerprint density at radius 3 is 2.39 bits per heavy atom. The Balaban J connectivity index is 1.59. The Bertz CT molecular complexity index is 987. The minimum absolute atomic E-state index is 0.146. The van der Waals surface area contributed by atoms with Crippen LogP contribution in [0.15, 0.2) is 53.4 Å². The lowest BCUT2D eigenvalue weighted by molar-refractivity contribution is -0.120. The van der Waals surface area contributed by atoms with Gasteiger partial charge < -0.3 is 10.2 Å². The molecule has 0 radical (unpaired) electrons. The van der Waals surface area contributed by atoms with Gasteiger partial charge in [0, 0.05) is 19.6 Å². The number of hydrogen-bond acceptors (Lipinski definition) is 4. The Labute approximate surface area is 184 Å². The van der Waals surface area contributed by atoms with E-state index in [1.165, 1.54) is 16.4 Å². The third-order valence-electron chi connectivity index (χ3n) is 5.59. The molecule has 8 heteroatoms. The molecule has 1 fully saturated rings. The zero-order chi connectivity index (χ0) is 22.4. The Hall–Kier alpha value is -2.29. The molecule has 31 heavy (non-hydrogen) atoms. The van der Waals surface area contributed by atoms with Crippen molar-refractivity contribution >= 4 is 15.9 Å². The maximum atomic E-state index is 13.6. The van der Waals surface area contributed by atoms with E-state index in [9.17, 15) is 17.6 Å². The predicted molar refractivity (Wildman–Crippen MR) is 119 cm³/mol. The molecular weight excluding hydrogens is 417 g/mol. The van der Waals surface area contributed by atoms with E-state index in [1.807, 2.05) is 25.1 Å². The molecular formula is C23H30FN3O3S. The van der Waals surface area contributed by atoms with Gasteiger partial charge in [-0.2, -0.15) is 4.31 Å². The standard InChI is InChI=1S/C23H30FN3O3S/c1-26(2)22(19-7-6-8-20(24)16-19)17-25-23(28)15-18-9-11-21(12-10-18)31(29,30)27-13-4-3-5-14-27/h6-12,16,22H,3-5,13-15,17H2,1-2H3,(H,25,28). The summed E-state index contributed by atoms with van der Waals surface area (Å²) in [7, 11) is 0.281. The van der Waals surface area contributed by atoms with Gasteiger partial charge >= 0.3 is 0 Å². The fourth-order valence-electron chi connectivity index (χ4n) is 3.80. The zero-order valence-corrected chi connectivity index (χ0v) is 18.9. The number of carbonyl (C=O) groups is 1. The summed E-state index contributed by atoms with van der Waals surface area (Å²) in [5.74, 6) is -0.481. The van der Waals surface area contributed by atoms with Crippen LogP contribution in [0.5, 0.6) is 0 Å². The summed E-state index contributed by atoms with van der Waals surface area (Å²) in [5.41, 5.74) is 1.53. The molecule has 6 nitrogen and oxygen atoms in total. The van der Waals surface area contributed by atoms with Crippen LogP contribution >= 0.6 is 0 Å². The number of benzene rings is 2. The molecule has 0 aliphatic carbocycles. The van der Waals surface area contributed by atoms with Crippen molar-refractivity contribution in [1.82, 2.24) is 14.5 Å². The molecule has 0 aromatic heterocycles. The average Bonchev–Trinajstić information content (AvgIpc) is 2.75. The molecule has 3 rings (SSSR count). The van der Waals surface area contributed by atoms with Crippen LogP contribution in [0, 0.1) is 5.82 Å². The molecule has 0 bridgehead atoms. The van der Waals surface area contributed by atoms with Crippen LogP contribution in [-0.2, 0) is 21.2 Å². The molecule has 1 aliphatic rings. The SMILES string of the molecule is CN(C)C(CNC(=O)Cc1ccc(S(=O)(=O)N2CCCCC2)cc1)c1cccc(F)c1. The van der Waals surface area contributed by atoms with Gasteiger partial charge in [0.2, 0.25) is 15.9 Å². The van der Waals surface area contributed by atoms with Gasteiger partial charge in [-0.05, 0) is 62.3 Å². The summed E-state index contributed by atoms with van der Waals surface area (Å²) < 4.78 is 40.6. The zero-order valence-electron chi connectivity index (χ0n) is 18.1. The predicted octanol–water partition coefficient (Wildman–Crippen LogP) is 2.96. The lowest BCUT2D eigenvalue weighted by Crippen LogP contribution is -2.35. The molecule has 1 aliphatic heterocycles. The van der Waals surface area contributed by atoms with Gasteiger partial charge in [-0.25, -0.2) is 12.8 Å². The number of halogens is 1. The van der Waals surface area contributed by atoms with Gasteiger partial charge in [-0.15, -0.1) is 0 Å². The van der Waals surface area contributed by atoms with Gasteiger partial charge in [0.25, 0.3) is 0 Å². The molecule has 1 N–H and O–H groups in total. The molecule has 1 unspecified atom stereocenters. The third kappa shape index (κ3) is 6.12. The van der Waals surface area contributed by atoms with Crippen LogP contribution in [0.25, 0.3) is 0 Å². The number of sulfonamides is 1. The van der Waals surface area contributed by atoms with Crippen LogP contribution in [0.1, 0.15) is 36.4 Å². The second kappa shape index (κ2) is 10.3. The van der Waals surface area contributed by atoms with E-state index in [4.69, 9.17) is 0 Å². The molecule has 2 aromatic rings. The summed E-state index contributed by atoms with van der Waals surface area (Å²) in [6, 6.07) is 12.7. The molecule has 0 spiro atoms. The summed E-state index contributed by atoms with van der Waals surface area (Å²) in [4.78, 5) is 14.6. The second-order valence-electron chi connectivity index (χ2n) is 8.12. The highest BCUT2D eigenvalue weighted by Gasteiger charge is 2.25. The number of nitrogens with zero attached hydrogens (tertiary/aromatic N) is 2. The van der Waals surface area contributed by atoms with E-state index >= 15 is 0 Å². The van der Waals surface area contributed by atoms with Crippen molar-refractivity contribution in [2.24, 2.45) is 0 Å². The first-order chi connectivity index (χ1) is 14.8. The molecule has 1 heterocycles. The fourth-order valence-corrected chi connectivity index (χ4v) is 5.32. The topological polar surface area (TPSA) is 69.7 Å². The van der Waals surface area contributed by atoms with Crippen molar-refractivity contribution in [1.29, 1.82) is 0 Å². The number of piperidine rings is 1. The highest BCUT2D eigenvalue weighted by Crippen LogP contribution is 2.21. The first kappa shape index (κ1) is 23.4. The van der Waals surface area contributed by atoms with Crippen LogP contribution in [0.2, 0.25) is 0 Å². The summed E-state index contributed by atoms with van der Waals surface area (Å²) >= 11 is 0. The van der Waals surface area contributed by atoms with E-state index in [0.29, 0.717) is 19.6 Å². The lowest BCUT2D eigenvalue weighted by atomic mass is 10.1. The van der Waals surface area contributed by atoms with Crippen molar-refractivity contribution < 1.29 is 17.6 Å². The van der Waals surface area contributed by atoms with Crippen molar-refractivity contribution in [2.75, 3.05) is 33.7 Å². The Kier molecular flexibility index (Phi) is 7.80. The molecule has 1 saturated heterocycles. The number of carbonyl (C=O) groups excluding carboxylic acids is 1. The summed E-state index contributed by atoms with van der Waals surface area (Å²) in [6.45, 7) is 1.46. The maximum Gasteiger partial charge on any atom is 0.243 e. The summed E-state index contributed by atoms with van der Waals surface area (Å²) in [6.07, 6.45) is 2.99. The quantitative estimate of drug-likeness (QED) is 0.676. The van der Waals surface area contributed by atoms with Gasteiger partial charge in [0.05, 0.1) is 17.4 Å². The maximum absolute atomic E-state index is 13.6. The van der Waals surface area contributed by atoms with E-state index in [2.05, 4.69) is 5.32 Å². The highest BCUT2D eigenvalue weighted by atomic mass is 32.2. The van der Waals surface area contributed by atoms with Crippen LogP contribution in [0.3, 0.4) is 0 Å². The Morgan fingerprint density at radius 2 is 1.77 bits per heavy atom. The third-order valence-corrected chi connectivity index (χ3v) is 7.50. The van der Waals surface area contributed by atoms with E-state index in [0.717, 1.165) is 30.4 Å². The smallest absolute Gasteiger partial charge is 0.243 e. The number of nitrogens with one attached hydrogen (secondary N) is 1. The highest BCUT2D eigenvalue weighted by molar-refractivity contribution is 7.89. The minimum Gasteiger partial charge on any atom is -0.354 e. The first-order valence-corrected chi connectivity index (χ1v) is 12.0. The number of likely N-dealkylation sites (N-methyl/N-ethyl adjacent to an activating group) is 1. The minimum atomic E-state index is -3.48. The van der Waals surface area contributed by atoms with Gasteiger partial charge in [0.1, 0.15) is 5.82 Å². The van der Waals surface area contributed by atoms with Gasteiger partial charge in [-0.1, -0.05) is 30.7 Å². The van der Waals surface area contributed by atoms with Crippen LogP contribution in [0.4, 0.5) is 4.39 Å². The molecule has 1 atom stereocenters. The Morgan fingerprint density at radius 1 is 1.10 bits per heavy atom. The fraction of sp³-hybridized carbons (Fsp3) is 0.435. The summed E-state index contributed by atoms with van der Waals surface area (Å²) in [5, 5.41) is 2.90. The first-order valence-electron chi connectivity index (χ1n) is 10.5. The van der Waals surface area contributed by atoms with E-state index in [-0.39, 0.29) is 29.1 Å². The molecule has 1 amide bonds. The van der Waals surface area contributed by atoms with Crippen molar-refractivity contribution in [2.45, 2.75) is 36.6 Å².